The molecule has 3 aromatic rings. The highest BCUT2D eigenvalue weighted by atomic mass is 35.5. The average molecular weight is 433 g/mol. The summed E-state index contributed by atoms with van der Waals surface area (Å²) in [5, 5.41) is 4.25. The molecule has 0 spiro atoms. The first-order valence-corrected chi connectivity index (χ1v) is 10.8. The molecular formula is C25H21ClN2O3. The Kier molecular flexibility index (Phi) is 5.20. The molecule has 0 saturated heterocycles. The van der Waals surface area contributed by atoms with Crippen LogP contribution >= 0.6 is 11.6 Å². The number of aromatic nitrogens is 1. The van der Waals surface area contributed by atoms with Crippen molar-refractivity contribution in [2.75, 3.05) is 6.61 Å². The summed E-state index contributed by atoms with van der Waals surface area (Å²) in [4.78, 5) is 29.9. The van der Waals surface area contributed by atoms with Crippen LogP contribution in [0.3, 0.4) is 0 Å². The highest BCUT2D eigenvalue weighted by molar-refractivity contribution is 6.32. The third-order valence-electron chi connectivity index (χ3n) is 5.66. The van der Waals surface area contributed by atoms with Gasteiger partial charge in [0.2, 0.25) is 0 Å². The lowest BCUT2D eigenvalue weighted by Crippen LogP contribution is -2.30. The largest absolute Gasteiger partial charge is 0.452 e. The number of hydrogen-bond acceptors (Lipinski definition) is 4. The minimum Gasteiger partial charge on any atom is -0.452 e. The molecule has 5 nitrogen and oxygen atoms in total. The molecule has 0 unspecified atom stereocenters. The van der Waals surface area contributed by atoms with E-state index in [0.717, 1.165) is 52.6 Å². The number of para-hydroxylation sites is 1. The number of carbonyl (C=O) groups is 2. The summed E-state index contributed by atoms with van der Waals surface area (Å²) in [7, 11) is 0. The van der Waals surface area contributed by atoms with Gasteiger partial charge in [0.1, 0.15) is 0 Å². The number of rotatable bonds is 5. The van der Waals surface area contributed by atoms with Gasteiger partial charge in [0.15, 0.2) is 6.61 Å². The molecule has 2 aromatic carbocycles. The van der Waals surface area contributed by atoms with Crippen molar-refractivity contribution in [2.24, 2.45) is 0 Å². The number of halogens is 1. The fourth-order valence-electron chi connectivity index (χ4n) is 3.99. The number of nitrogens with one attached hydrogen (secondary N) is 1. The number of ether oxygens (including phenoxy) is 1. The standard InChI is InChI=1S/C25H21ClN2O3/c26-20-7-3-1-5-15(20)13-16-9-12-19-23(18-6-2-4-8-21(18)28-24(16)19)25(30)31-14-22(29)27-17-10-11-17/h1-8,13,17H,9-12,14H2,(H,27,29)/b16-13-. The zero-order chi connectivity index (χ0) is 21.4. The van der Waals surface area contributed by atoms with Gasteiger partial charge in [-0.1, -0.05) is 48.0 Å². The van der Waals surface area contributed by atoms with Crippen LogP contribution in [0.1, 0.15) is 46.4 Å². The van der Waals surface area contributed by atoms with Gasteiger partial charge in [0.25, 0.3) is 5.91 Å². The summed E-state index contributed by atoms with van der Waals surface area (Å²) in [5.74, 6) is -0.745. The summed E-state index contributed by atoms with van der Waals surface area (Å²) in [6.07, 6.45) is 5.45. The Labute approximate surface area is 185 Å². The third kappa shape index (κ3) is 4.06. The molecule has 1 saturated carbocycles. The molecule has 1 amide bonds. The van der Waals surface area contributed by atoms with E-state index in [1.807, 2.05) is 54.6 Å². The molecule has 6 heteroatoms. The van der Waals surface area contributed by atoms with Gasteiger partial charge in [-0.2, -0.15) is 0 Å². The fraction of sp³-hybridized carbons (Fsp3) is 0.240. The lowest BCUT2D eigenvalue weighted by molar-refractivity contribution is -0.124. The number of amides is 1. The van der Waals surface area contributed by atoms with Gasteiger partial charge in [0, 0.05) is 16.5 Å². The van der Waals surface area contributed by atoms with Crippen LogP contribution in [0.4, 0.5) is 0 Å². The summed E-state index contributed by atoms with van der Waals surface area (Å²) < 4.78 is 5.41. The van der Waals surface area contributed by atoms with E-state index in [1.54, 1.807) is 0 Å². The SMILES string of the molecule is O=C(COC(=O)c1c2c(nc3ccccc13)/C(=C\c1ccccc1Cl)CC2)NC1CC1. The number of esters is 1. The molecule has 0 radical (unpaired) electrons. The topological polar surface area (TPSA) is 68.3 Å². The zero-order valence-corrected chi connectivity index (χ0v) is 17.6. The van der Waals surface area contributed by atoms with E-state index < -0.39 is 5.97 Å². The van der Waals surface area contributed by atoms with Crippen molar-refractivity contribution in [3.8, 4) is 0 Å². The van der Waals surface area contributed by atoms with Crippen LogP contribution in [-0.2, 0) is 16.0 Å². The first-order chi connectivity index (χ1) is 15.1. The molecule has 2 aliphatic carbocycles. The second-order valence-corrected chi connectivity index (χ2v) is 8.35. The van der Waals surface area contributed by atoms with Crippen LogP contribution in [0.25, 0.3) is 22.6 Å². The zero-order valence-electron chi connectivity index (χ0n) is 16.9. The maximum atomic E-state index is 13.1. The Morgan fingerprint density at radius 1 is 1.10 bits per heavy atom. The number of hydrogen-bond donors (Lipinski definition) is 1. The molecule has 1 heterocycles. The Bertz CT molecular complexity index is 1230. The normalized spacial score (nSPS) is 16.4. The molecule has 0 bridgehead atoms. The molecule has 0 aliphatic heterocycles. The van der Waals surface area contributed by atoms with Gasteiger partial charge >= 0.3 is 5.97 Å². The van der Waals surface area contributed by atoms with Gasteiger partial charge in [0.05, 0.1) is 16.8 Å². The van der Waals surface area contributed by atoms with Crippen LogP contribution in [0.5, 0.6) is 0 Å². The van der Waals surface area contributed by atoms with Crippen molar-refractivity contribution < 1.29 is 14.3 Å². The Morgan fingerprint density at radius 2 is 1.87 bits per heavy atom. The van der Waals surface area contributed by atoms with Crippen LogP contribution < -0.4 is 5.32 Å². The second-order valence-electron chi connectivity index (χ2n) is 7.94. The van der Waals surface area contributed by atoms with E-state index in [2.05, 4.69) is 5.32 Å². The van der Waals surface area contributed by atoms with Crippen molar-refractivity contribution in [3.05, 3.63) is 75.9 Å². The van der Waals surface area contributed by atoms with Gasteiger partial charge < -0.3 is 10.1 Å². The van der Waals surface area contributed by atoms with Crippen molar-refractivity contribution in [2.45, 2.75) is 31.7 Å². The first-order valence-electron chi connectivity index (χ1n) is 10.4. The summed E-state index contributed by atoms with van der Waals surface area (Å²) in [6, 6.07) is 15.4. The second kappa shape index (κ2) is 8.16. The smallest absolute Gasteiger partial charge is 0.339 e. The molecule has 2 aliphatic rings. The first kappa shape index (κ1) is 19.8. The predicted octanol–water partition coefficient (Wildman–Crippen LogP) is 4.81. The van der Waals surface area contributed by atoms with Crippen LogP contribution in [0.2, 0.25) is 5.02 Å². The number of carbonyl (C=O) groups excluding carboxylic acids is 2. The molecule has 1 fully saturated rings. The van der Waals surface area contributed by atoms with Gasteiger partial charge in [-0.25, -0.2) is 9.78 Å². The minimum absolute atomic E-state index is 0.231. The molecule has 156 valence electrons. The molecular weight excluding hydrogens is 412 g/mol. The fourth-order valence-corrected chi connectivity index (χ4v) is 4.18. The third-order valence-corrected chi connectivity index (χ3v) is 6.00. The molecule has 0 atom stereocenters. The number of nitrogens with zero attached hydrogens (tertiary/aromatic N) is 1. The van der Waals surface area contributed by atoms with Crippen LogP contribution in [0, 0.1) is 0 Å². The number of pyridine rings is 1. The highest BCUT2D eigenvalue weighted by Gasteiger charge is 2.29. The average Bonchev–Trinajstić information content (AvgIpc) is 3.51. The summed E-state index contributed by atoms with van der Waals surface area (Å²) in [6.45, 7) is -0.275. The van der Waals surface area contributed by atoms with E-state index in [1.165, 1.54) is 0 Å². The predicted molar refractivity (Wildman–Crippen MR) is 121 cm³/mol. The van der Waals surface area contributed by atoms with Crippen molar-refractivity contribution in [1.82, 2.24) is 10.3 Å². The Morgan fingerprint density at radius 3 is 2.68 bits per heavy atom. The lowest BCUT2D eigenvalue weighted by Gasteiger charge is -2.12. The maximum absolute atomic E-state index is 13.1. The van der Waals surface area contributed by atoms with Gasteiger partial charge in [-0.15, -0.1) is 0 Å². The van der Waals surface area contributed by atoms with Crippen molar-refractivity contribution in [1.29, 1.82) is 0 Å². The molecule has 1 aromatic heterocycles. The van der Waals surface area contributed by atoms with E-state index in [4.69, 9.17) is 21.3 Å². The minimum atomic E-state index is -0.486. The van der Waals surface area contributed by atoms with Gasteiger partial charge in [-0.3, -0.25) is 4.79 Å². The summed E-state index contributed by atoms with van der Waals surface area (Å²) >= 11 is 6.34. The number of benzene rings is 2. The molecule has 1 N–H and O–H groups in total. The van der Waals surface area contributed by atoms with E-state index in [0.29, 0.717) is 17.0 Å². The van der Waals surface area contributed by atoms with E-state index >= 15 is 0 Å². The van der Waals surface area contributed by atoms with Crippen LogP contribution in [0.15, 0.2) is 48.5 Å². The molecule has 31 heavy (non-hydrogen) atoms. The maximum Gasteiger partial charge on any atom is 0.339 e. The van der Waals surface area contributed by atoms with Crippen molar-refractivity contribution in [3.63, 3.8) is 0 Å². The highest BCUT2D eigenvalue weighted by Crippen LogP contribution is 2.38. The lowest BCUT2D eigenvalue weighted by atomic mass is 10.0. The van der Waals surface area contributed by atoms with Crippen molar-refractivity contribution >= 4 is 46.0 Å². The molecule has 5 rings (SSSR count). The monoisotopic (exact) mass is 432 g/mol. The quantitative estimate of drug-likeness (QED) is 0.587. The van der Waals surface area contributed by atoms with Crippen LogP contribution in [-0.4, -0.2) is 29.5 Å². The Hall–Kier alpha value is -3.18. The number of fused-ring (bicyclic) bond motifs is 2. The van der Waals surface area contributed by atoms with E-state index in [-0.39, 0.29) is 18.6 Å². The Balaban J connectivity index is 1.52. The van der Waals surface area contributed by atoms with E-state index in [9.17, 15) is 9.59 Å². The summed E-state index contributed by atoms with van der Waals surface area (Å²) in [5.41, 5.74) is 4.85. The number of allylic oxidation sites excluding steroid dienone is 1. The van der Waals surface area contributed by atoms with Gasteiger partial charge in [-0.05, 0) is 60.6 Å².